The van der Waals surface area contributed by atoms with Gasteiger partial charge in [0.1, 0.15) is 0 Å². The molecule has 1 atom stereocenters. The Hall–Kier alpha value is -1.67. The number of hydrogen-bond acceptors (Lipinski definition) is 6. The Balaban J connectivity index is 0.00000312. The van der Waals surface area contributed by atoms with Crippen LogP contribution in [0.2, 0.25) is 0 Å². The average Bonchev–Trinajstić information content (AvgIpc) is 2.94. The van der Waals surface area contributed by atoms with E-state index in [1.807, 2.05) is 11.6 Å². The molecule has 0 aromatic carbocycles. The van der Waals surface area contributed by atoms with Crippen LogP contribution in [0.1, 0.15) is 55.8 Å². The van der Waals surface area contributed by atoms with Crippen LogP contribution in [0, 0.1) is 12.8 Å². The molecule has 1 unspecified atom stereocenters. The molecule has 1 saturated heterocycles. The molecule has 1 aliphatic rings. The number of amides is 1. The second-order valence-corrected chi connectivity index (χ2v) is 6.55. The van der Waals surface area contributed by atoms with Crippen molar-refractivity contribution in [1.29, 1.82) is 0 Å². The molecule has 0 aliphatic carbocycles. The summed E-state index contributed by atoms with van der Waals surface area (Å²) in [6.45, 7) is 9.28. The third-order valence-electron chi connectivity index (χ3n) is 4.12. The number of carbonyl (C=O) groups excluding carboxylic acids is 2. The predicted molar refractivity (Wildman–Crippen MR) is 95.9 cm³/mol. The molecule has 0 spiro atoms. The second-order valence-electron chi connectivity index (χ2n) is 6.55. The fraction of sp³-hybridized carbons (Fsp3) is 0.750. The minimum absolute atomic E-state index is 0. The maximum absolute atomic E-state index is 12.3. The lowest BCUT2D eigenvalue weighted by atomic mass is 10.1. The second kappa shape index (κ2) is 9.72. The van der Waals surface area contributed by atoms with Gasteiger partial charge in [0.05, 0.1) is 23.8 Å². The molecule has 1 fully saturated rings. The molecule has 9 heteroatoms. The van der Waals surface area contributed by atoms with Crippen molar-refractivity contribution in [3.8, 4) is 0 Å². The van der Waals surface area contributed by atoms with Crippen molar-refractivity contribution in [3.63, 3.8) is 0 Å². The molecule has 1 aromatic rings. The Morgan fingerprint density at radius 2 is 1.96 bits per heavy atom. The quantitative estimate of drug-likeness (QED) is 0.728. The SMILES string of the molecule is Cc1c(C(=O)NCC(C)C(=O)OC(C)C)nnn1C1CCNCC1.Cl. The summed E-state index contributed by atoms with van der Waals surface area (Å²) in [5.74, 6) is -1.03. The Morgan fingerprint density at radius 3 is 2.56 bits per heavy atom. The van der Waals surface area contributed by atoms with Crippen LogP contribution in [-0.4, -0.2) is 52.6 Å². The molecule has 0 radical (unpaired) electrons. The zero-order chi connectivity index (χ0) is 17.7. The van der Waals surface area contributed by atoms with Crippen molar-refractivity contribution in [2.24, 2.45) is 5.92 Å². The number of carbonyl (C=O) groups is 2. The highest BCUT2D eigenvalue weighted by molar-refractivity contribution is 5.93. The highest BCUT2D eigenvalue weighted by atomic mass is 35.5. The smallest absolute Gasteiger partial charge is 0.310 e. The van der Waals surface area contributed by atoms with Crippen LogP contribution in [0.15, 0.2) is 0 Å². The van der Waals surface area contributed by atoms with Gasteiger partial charge in [-0.1, -0.05) is 12.1 Å². The van der Waals surface area contributed by atoms with Crippen LogP contribution >= 0.6 is 12.4 Å². The zero-order valence-electron chi connectivity index (χ0n) is 15.2. The van der Waals surface area contributed by atoms with Crippen molar-refractivity contribution in [2.45, 2.75) is 52.7 Å². The van der Waals surface area contributed by atoms with E-state index in [-0.39, 0.29) is 43.0 Å². The number of aromatic nitrogens is 3. The number of hydrogen-bond donors (Lipinski definition) is 2. The molecule has 2 N–H and O–H groups in total. The number of rotatable bonds is 6. The van der Waals surface area contributed by atoms with Crippen molar-refractivity contribution in [1.82, 2.24) is 25.6 Å². The monoisotopic (exact) mass is 373 g/mol. The van der Waals surface area contributed by atoms with E-state index in [0.29, 0.717) is 5.69 Å². The molecular formula is C16H28ClN5O3. The van der Waals surface area contributed by atoms with Crippen molar-refractivity contribution in [2.75, 3.05) is 19.6 Å². The van der Waals surface area contributed by atoms with E-state index in [4.69, 9.17) is 4.74 Å². The van der Waals surface area contributed by atoms with Crippen LogP contribution in [-0.2, 0) is 9.53 Å². The van der Waals surface area contributed by atoms with Crippen molar-refractivity contribution in [3.05, 3.63) is 11.4 Å². The molecule has 0 saturated carbocycles. The van der Waals surface area contributed by atoms with Crippen molar-refractivity contribution < 1.29 is 14.3 Å². The van der Waals surface area contributed by atoms with E-state index < -0.39 is 5.92 Å². The Morgan fingerprint density at radius 1 is 1.32 bits per heavy atom. The largest absolute Gasteiger partial charge is 0.463 e. The molecule has 2 rings (SSSR count). The van der Waals surface area contributed by atoms with Gasteiger partial charge in [0.2, 0.25) is 0 Å². The van der Waals surface area contributed by atoms with E-state index in [2.05, 4.69) is 20.9 Å². The summed E-state index contributed by atoms with van der Waals surface area (Å²) < 4.78 is 6.97. The first-order valence-corrected chi connectivity index (χ1v) is 8.51. The van der Waals surface area contributed by atoms with E-state index in [0.717, 1.165) is 31.6 Å². The fourth-order valence-corrected chi connectivity index (χ4v) is 2.71. The van der Waals surface area contributed by atoms with Gasteiger partial charge in [0, 0.05) is 6.54 Å². The minimum Gasteiger partial charge on any atom is -0.463 e. The lowest BCUT2D eigenvalue weighted by Crippen LogP contribution is -2.34. The standard InChI is InChI=1S/C16H27N5O3.ClH/c1-10(2)24-16(23)11(3)9-18-15(22)14-12(4)21(20-19-14)13-5-7-17-8-6-13;/h10-11,13,17H,5-9H2,1-4H3,(H,18,22);1H. The van der Waals surface area contributed by atoms with Crippen LogP contribution < -0.4 is 10.6 Å². The van der Waals surface area contributed by atoms with Gasteiger partial charge in [-0.3, -0.25) is 9.59 Å². The van der Waals surface area contributed by atoms with Gasteiger partial charge < -0.3 is 15.4 Å². The first kappa shape index (κ1) is 21.4. The zero-order valence-corrected chi connectivity index (χ0v) is 16.1. The molecule has 25 heavy (non-hydrogen) atoms. The number of nitrogens with zero attached hydrogens (tertiary/aromatic N) is 3. The lowest BCUT2D eigenvalue weighted by Gasteiger charge is -2.23. The third-order valence-corrected chi connectivity index (χ3v) is 4.12. The molecule has 1 aliphatic heterocycles. The molecular weight excluding hydrogens is 346 g/mol. The summed E-state index contributed by atoms with van der Waals surface area (Å²) >= 11 is 0. The molecule has 8 nitrogen and oxygen atoms in total. The normalized spacial score (nSPS) is 16.2. The van der Waals surface area contributed by atoms with Gasteiger partial charge in [-0.15, -0.1) is 17.5 Å². The number of piperidine rings is 1. The lowest BCUT2D eigenvalue weighted by molar-refractivity contribution is -0.151. The summed E-state index contributed by atoms with van der Waals surface area (Å²) in [4.78, 5) is 24.1. The molecule has 1 amide bonds. The maximum Gasteiger partial charge on any atom is 0.310 e. The number of esters is 1. The van der Waals surface area contributed by atoms with E-state index in [9.17, 15) is 9.59 Å². The summed E-state index contributed by atoms with van der Waals surface area (Å²) in [6.07, 6.45) is 1.79. The van der Waals surface area contributed by atoms with Gasteiger partial charge in [0.15, 0.2) is 5.69 Å². The highest BCUT2D eigenvalue weighted by Gasteiger charge is 2.24. The summed E-state index contributed by atoms with van der Waals surface area (Å²) in [5.41, 5.74) is 1.08. The van der Waals surface area contributed by atoms with E-state index in [1.165, 1.54) is 0 Å². The van der Waals surface area contributed by atoms with Gasteiger partial charge in [-0.2, -0.15) is 0 Å². The van der Waals surface area contributed by atoms with Crippen molar-refractivity contribution >= 4 is 24.3 Å². The third kappa shape index (κ3) is 5.67. The Bertz CT molecular complexity index is 584. The maximum atomic E-state index is 12.3. The number of ether oxygens (including phenoxy) is 1. The minimum atomic E-state index is -0.406. The van der Waals surface area contributed by atoms with Crippen LogP contribution in [0.5, 0.6) is 0 Å². The number of halogens is 1. The first-order valence-electron chi connectivity index (χ1n) is 8.51. The van der Waals surface area contributed by atoms with E-state index in [1.54, 1.807) is 20.8 Å². The first-order chi connectivity index (χ1) is 11.4. The Kier molecular flexibility index (Phi) is 8.31. The molecule has 2 heterocycles. The predicted octanol–water partition coefficient (Wildman–Crippen LogP) is 1.25. The summed E-state index contributed by atoms with van der Waals surface area (Å²) in [7, 11) is 0. The van der Waals surface area contributed by atoms with Gasteiger partial charge >= 0.3 is 5.97 Å². The summed E-state index contributed by atoms with van der Waals surface area (Å²) in [5, 5.41) is 14.2. The van der Waals surface area contributed by atoms with Crippen LogP contribution in [0.25, 0.3) is 0 Å². The number of nitrogens with one attached hydrogen (secondary N) is 2. The van der Waals surface area contributed by atoms with Crippen LogP contribution in [0.4, 0.5) is 0 Å². The highest BCUT2D eigenvalue weighted by Crippen LogP contribution is 2.20. The summed E-state index contributed by atoms with van der Waals surface area (Å²) in [6, 6.07) is 0.278. The van der Waals surface area contributed by atoms with Crippen LogP contribution in [0.3, 0.4) is 0 Å². The van der Waals surface area contributed by atoms with E-state index >= 15 is 0 Å². The fourth-order valence-electron chi connectivity index (χ4n) is 2.71. The molecule has 142 valence electrons. The average molecular weight is 374 g/mol. The van der Waals surface area contributed by atoms with Gasteiger partial charge in [-0.25, -0.2) is 4.68 Å². The molecule has 0 bridgehead atoms. The van der Waals surface area contributed by atoms with Gasteiger partial charge in [-0.05, 0) is 46.7 Å². The Labute approximate surface area is 154 Å². The van der Waals surface area contributed by atoms with Gasteiger partial charge in [0.25, 0.3) is 5.91 Å². The molecule has 1 aromatic heterocycles. The topological polar surface area (TPSA) is 98.1 Å².